The maximum absolute atomic E-state index is 12.5. The predicted molar refractivity (Wildman–Crippen MR) is 113 cm³/mol. The van der Waals surface area contributed by atoms with Crippen molar-refractivity contribution in [3.63, 3.8) is 0 Å². The smallest absolute Gasteiger partial charge is 0.263 e. The number of hydrogen-bond donors (Lipinski definition) is 1. The van der Waals surface area contributed by atoms with Crippen LogP contribution in [-0.2, 0) is 13.0 Å². The van der Waals surface area contributed by atoms with Gasteiger partial charge in [-0.05, 0) is 43.2 Å². The molecule has 0 fully saturated rings. The van der Waals surface area contributed by atoms with E-state index in [0.717, 1.165) is 16.3 Å². The lowest BCUT2D eigenvalue weighted by molar-refractivity contribution is 0.0957. The Balaban J connectivity index is 1.53. The third kappa shape index (κ3) is 5.48. The van der Waals surface area contributed by atoms with Crippen LogP contribution in [-0.4, -0.2) is 31.7 Å². The number of hydrogen-bond acceptors (Lipinski definition) is 6. The Labute approximate surface area is 174 Å². The molecule has 6 nitrogen and oxygen atoms in total. The Bertz CT molecular complexity index is 957. The predicted octanol–water partition coefficient (Wildman–Crippen LogP) is 4.02. The minimum absolute atomic E-state index is 0.119. The number of benzene rings is 2. The molecule has 7 heteroatoms. The first-order valence-corrected chi connectivity index (χ1v) is 10.1. The van der Waals surface area contributed by atoms with E-state index in [2.05, 4.69) is 10.3 Å². The summed E-state index contributed by atoms with van der Waals surface area (Å²) in [6.45, 7) is 2.70. The van der Waals surface area contributed by atoms with E-state index in [-0.39, 0.29) is 5.91 Å². The highest BCUT2D eigenvalue weighted by molar-refractivity contribution is 7.13. The van der Waals surface area contributed by atoms with Gasteiger partial charge in [0.1, 0.15) is 22.2 Å². The molecule has 0 saturated carbocycles. The second-order valence-corrected chi connectivity index (χ2v) is 7.40. The van der Waals surface area contributed by atoms with Crippen LogP contribution in [0.1, 0.15) is 25.9 Å². The first-order chi connectivity index (χ1) is 14.1. The SMILES string of the molecule is COc1ccc(CCNC(=O)c2sc(COc3ccccc3)nc2C)cc1OC. The van der Waals surface area contributed by atoms with E-state index >= 15 is 0 Å². The van der Waals surface area contributed by atoms with Gasteiger partial charge in [0.05, 0.1) is 19.9 Å². The molecule has 152 valence electrons. The van der Waals surface area contributed by atoms with E-state index in [9.17, 15) is 4.79 Å². The molecule has 0 aliphatic heterocycles. The van der Waals surface area contributed by atoms with Crippen LogP contribution >= 0.6 is 11.3 Å². The van der Waals surface area contributed by atoms with Crippen molar-refractivity contribution < 1.29 is 19.0 Å². The Morgan fingerprint density at radius 2 is 1.83 bits per heavy atom. The molecule has 0 unspecified atom stereocenters. The summed E-state index contributed by atoms with van der Waals surface area (Å²) in [6.07, 6.45) is 0.688. The van der Waals surface area contributed by atoms with Crippen LogP contribution in [0.15, 0.2) is 48.5 Å². The number of nitrogens with zero attached hydrogens (tertiary/aromatic N) is 1. The summed E-state index contributed by atoms with van der Waals surface area (Å²) in [4.78, 5) is 17.6. The summed E-state index contributed by atoms with van der Waals surface area (Å²) in [5.74, 6) is 2.02. The molecular formula is C22H24N2O4S. The molecule has 29 heavy (non-hydrogen) atoms. The Morgan fingerprint density at radius 1 is 1.07 bits per heavy atom. The third-order valence-electron chi connectivity index (χ3n) is 4.30. The Kier molecular flexibility index (Phi) is 7.08. The van der Waals surface area contributed by atoms with E-state index in [1.807, 2.05) is 55.5 Å². The Morgan fingerprint density at radius 3 is 2.55 bits per heavy atom. The second-order valence-electron chi connectivity index (χ2n) is 6.32. The minimum Gasteiger partial charge on any atom is -0.493 e. The zero-order chi connectivity index (χ0) is 20.6. The normalized spacial score (nSPS) is 10.4. The maximum atomic E-state index is 12.5. The molecular weight excluding hydrogens is 388 g/mol. The average molecular weight is 413 g/mol. The number of amides is 1. The molecule has 1 N–H and O–H groups in total. The lowest BCUT2D eigenvalue weighted by Gasteiger charge is -2.10. The molecule has 2 aromatic carbocycles. The van der Waals surface area contributed by atoms with Crippen LogP contribution in [0.4, 0.5) is 0 Å². The molecule has 3 aromatic rings. The average Bonchev–Trinajstić information content (AvgIpc) is 3.13. The van der Waals surface area contributed by atoms with Crippen molar-refractivity contribution in [2.75, 3.05) is 20.8 Å². The number of para-hydroxylation sites is 1. The highest BCUT2D eigenvalue weighted by Crippen LogP contribution is 2.27. The molecule has 1 amide bonds. The monoisotopic (exact) mass is 412 g/mol. The fourth-order valence-corrected chi connectivity index (χ4v) is 3.72. The lowest BCUT2D eigenvalue weighted by Crippen LogP contribution is -2.25. The van der Waals surface area contributed by atoms with Crippen LogP contribution in [0, 0.1) is 6.92 Å². The number of methoxy groups -OCH3 is 2. The van der Waals surface area contributed by atoms with Gasteiger partial charge in [-0.1, -0.05) is 24.3 Å². The first-order valence-electron chi connectivity index (χ1n) is 9.24. The molecule has 1 heterocycles. The third-order valence-corrected chi connectivity index (χ3v) is 5.43. The number of aromatic nitrogens is 1. The van der Waals surface area contributed by atoms with Gasteiger partial charge in [-0.3, -0.25) is 4.79 Å². The number of carbonyl (C=O) groups is 1. The van der Waals surface area contributed by atoms with E-state index in [1.54, 1.807) is 14.2 Å². The van der Waals surface area contributed by atoms with Crippen LogP contribution < -0.4 is 19.5 Å². The summed E-state index contributed by atoms with van der Waals surface area (Å²) in [7, 11) is 3.21. The van der Waals surface area contributed by atoms with Gasteiger partial charge < -0.3 is 19.5 Å². The van der Waals surface area contributed by atoms with E-state index in [0.29, 0.717) is 41.6 Å². The zero-order valence-electron chi connectivity index (χ0n) is 16.7. The molecule has 0 atom stereocenters. The number of carbonyl (C=O) groups excluding carboxylic acids is 1. The highest BCUT2D eigenvalue weighted by Gasteiger charge is 2.15. The largest absolute Gasteiger partial charge is 0.493 e. The fraction of sp³-hybridized carbons (Fsp3) is 0.273. The van der Waals surface area contributed by atoms with Crippen molar-refractivity contribution in [3.05, 3.63) is 69.7 Å². The van der Waals surface area contributed by atoms with Crippen molar-refractivity contribution in [2.24, 2.45) is 0 Å². The van der Waals surface area contributed by atoms with Gasteiger partial charge in [-0.2, -0.15) is 0 Å². The molecule has 0 spiro atoms. The van der Waals surface area contributed by atoms with Crippen molar-refractivity contribution in [1.82, 2.24) is 10.3 Å². The van der Waals surface area contributed by atoms with Gasteiger partial charge in [-0.15, -0.1) is 11.3 Å². The summed E-state index contributed by atoms with van der Waals surface area (Å²) < 4.78 is 16.3. The molecule has 0 bridgehead atoms. The van der Waals surface area contributed by atoms with Gasteiger partial charge in [0, 0.05) is 6.54 Å². The van der Waals surface area contributed by atoms with E-state index in [1.165, 1.54) is 11.3 Å². The molecule has 3 rings (SSSR count). The highest BCUT2D eigenvalue weighted by atomic mass is 32.1. The van der Waals surface area contributed by atoms with Crippen molar-refractivity contribution in [1.29, 1.82) is 0 Å². The molecule has 0 radical (unpaired) electrons. The number of rotatable bonds is 9. The van der Waals surface area contributed by atoms with Crippen molar-refractivity contribution >= 4 is 17.2 Å². The van der Waals surface area contributed by atoms with Gasteiger partial charge in [0.2, 0.25) is 0 Å². The lowest BCUT2D eigenvalue weighted by atomic mass is 10.1. The molecule has 1 aromatic heterocycles. The summed E-state index contributed by atoms with van der Waals surface area (Å²) in [5.41, 5.74) is 1.77. The second kappa shape index (κ2) is 9.93. The molecule has 0 saturated heterocycles. The number of thiazole rings is 1. The summed E-state index contributed by atoms with van der Waals surface area (Å²) >= 11 is 1.36. The van der Waals surface area contributed by atoms with Crippen LogP contribution in [0.2, 0.25) is 0 Å². The number of ether oxygens (including phenoxy) is 3. The quantitative estimate of drug-likeness (QED) is 0.575. The molecule has 0 aliphatic rings. The molecule has 0 aliphatic carbocycles. The topological polar surface area (TPSA) is 69.7 Å². The van der Waals surface area contributed by atoms with E-state index < -0.39 is 0 Å². The van der Waals surface area contributed by atoms with Gasteiger partial charge in [0.15, 0.2) is 11.5 Å². The fourth-order valence-electron chi connectivity index (χ4n) is 2.82. The Hall–Kier alpha value is -3.06. The summed E-state index contributed by atoms with van der Waals surface area (Å²) in [5, 5.41) is 3.73. The zero-order valence-corrected chi connectivity index (χ0v) is 17.5. The van der Waals surface area contributed by atoms with Gasteiger partial charge in [0.25, 0.3) is 5.91 Å². The van der Waals surface area contributed by atoms with Crippen LogP contribution in [0.25, 0.3) is 0 Å². The number of nitrogens with one attached hydrogen (secondary N) is 1. The van der Waals surface area contributed by atoms with Crippen LogP contribution in [0.5, 0.6) is 17.2 Å². The van der Waals surface area contributed by atoms with Gasteiger partial charge >= 0.3 is 0 Å². The maximum Gasteiger partial charge on any atom is 0.263 e. The minimum atomic E-state index is -0.119. The first kappa shape index (κ1) is 20.7. The standard InChI is InChI=1S/C22H24N2O4S/c1-15-21(29-20(24-15)14-28-17-7-5-4-6-8-17)22(25)23-12-11-16-9-10-18(26-2)19(13-16)27-3/h4-10,13H,11-12,14H2,1-3H3,(H,23,25). The van der Waals surface area contributed by atoms with Crippen molar-refractivity contribution in [3.8, 4) is 17.2 Å². The van der Waals surface area contributed by atoms with Crippen LogP contribution in [0.3, 0.4) is 0 Å². The number of aryl methyl sites for hydroxylation is 1. The van der Waals surface area contributed by atoms with Gasteiger partial charge in [-0.25, -0.2) is 4.98 Å². The van der Waals surface area contributed by atoms with Crippen molar-refractivity contribution in [2.45, 2.75) is 20.0 Å². The van der Waals surface area contributed by atoms with E-state index in [4.69, 9.17) is 14.2 Å². The summed E-state index contributed by atoms with van der Waals surface area (Å²) in [6, 6.07) is 15.3.